The lowest BCUT2D eigenvalue weighted by molar-refractivity contribution is 0.0696. The molecule has 134 valence electrons. The second kappa shape index (κ2) is 8.02. The van der Waals surface area contributed by atoms with Gasteiger partial charge in [-0.15, -0.1) is 0 Å². The van der Waals surface area contributed by atoms with Crippen LogP contribution in [0.15, 0.2) is 23.1 Å². The maximum atomic E-state index is 13.8. The molecule has 2 rings (SSSR count). The molecular weight excluding hydrogens is 339 g/mol. The van der Waals surface area contributed by atoms with E-state index >= 15 is 0 Å². The second-order valence-corrected chi connectivity index (χ2v) is 7.57. The Hall–Kier alpha value is -1.55. The summed E-state index contributed by atoms with van der Waals surface area (Å²) in [5, 5.41) is 18.1. The highest BCUT2D eigenvalue weighted by Gasteiger charge is 2.22. The van der Waals surface area contributed by atoms with Gasteiger partial charge >= 0.3 is 5.97 Å². The number of benzene rings is 1. The summed E-state index contributed by atoms with van der Waals surface area (Å²) in [4.78, 5) is 12.3. The molecule has 1 aliphatic heterocycles. The third kappa shape index (κ3) is 4.73. The van der Waals surface area contributed by atoms with Crippen molar-refractivity contribution in [2.24, 2.45) is 5.92 Å². The molecule has 1 fully saturated rings. The van der Waals surface area contributed by atoms with Crippen molar-refractivity contribution in [1.29, 1.82) is 0 Å². The monoisotopic (exact) mass is 360 g/mol. The number of nitrogens with one attached hydrogen (secondary N) is 1. The van der Waals surface area contributed by atoms with E-state index in [1.165, 1.54) is 0 Å². The number of carboxylic acids is 1. The molecule has 0 unspecified atom stereocenters. The molecule has 7 nitrogen and oxygen atoms in total. The minimum Gasteiger partial charge on any atom is -0.478 e. The Kier molecular flexibility index (Phi) is 6.27. The second-order valence-electron chi connectivity index (χ2n) is 5.84. The molecule has 0 radical (unpaired) electrons. The van der Waals surface area contributed by atoms with Crippen LogP contribution in [0.3, 0.4) is 0 Å². The van der Waals surface area contributed by atoms with Gasteiger partial charge in [0.1, 0.15) is 10.7 Å². The minimum absolute atomic E-state index is 0.0806. The van der Waals surface area contributed by atoms with E-state index in [1.54, 1.807) is 0 Å². The summed E-state index contributed by atoms with van der Waals surface area (Å²) < 4.78 is 40.4. The van der Waals surface area contributed by atoms with E-state index in [0.29, 0.717) is 13.1 Å². The van der Waals surface area contributed by atoms with Crippen LogP contribution in [-0.4, -0.2) is 62.3 Å². The van der Waals surface area contributed by atoms with Crippen LogP contribution in [0.1, 0.15) is 23.2 Å². The summed E-state index contributed by atoms with van der Waals surface area (Å²) >= 11 is 0. The van der Waals surface area contributed by atoms with Gasteiger partial charge in [-0.1, -0.05) is 0 Å². The summed E-state index contributed by atoms with van der Waals surface area (Å²) in [5.41, 5.74) is -0.293. The fourth-order valence-corrected chi connectivity index (χ4v) is 3.88. The Morgan fingerprint density at radius 3 is 2.83 bits per heavy atom. The van der Waals surface area contributed by atoms with Crippen LogP contribution in [0.2, 0.25) is 0 Å². The van der Waals surface area contributed by atoms with Crippen LogP contribution in [0, 0.1) is 11.7 Å². The molecule has 1 saturated heterocycles. The number of carboxylic acid groups (broad SMARTS) is 1. The van der Waals surface area contributed by atoms with Crippen LogP contribution in [-0.2, 0) is 10.0 Å². The molecule has 1 aromatic carbocycles. The Bertz CT molecular complexity index is 695. The van der Waals surface area contributed by atoms with Crippen LogP contribution in [0.4, 0.5) is 4.39 Å². The predicted molar refractivity (Wildman–Crippen MR) is 84.8 cm³/mol. The number of nitrogens with zero attached hydrogens (tertiary/aromatic N) is 1. The molecule has 1 aromatic rings. The molecular formula is C15H21FN2O5S. The Morgan fingerprint density at radius 2 is 2.17 bits per heavy atom. The van der Waals surface area contributed by atoms with Gasteiger partial charge in [-0.2, -0.15) is 0 Å². The van der Waals surface area contributed by atoms with Crippen molar-refractivity contribution in [3.05, 3.63) is 29.6 Å². The lowest BCUT2D eigenvalue weighted by Gasteiger charge is -2.31. The third-order valence-corrected chi connectivity index (χ3v) is 5.53. The van der Waals surface area contributed by atoms with E-state index < -0.39 is 26.7 Å². The molecule has 1 heterocycles. The highest BCUT2D eigenvalue weighted by atomic mass is 32.2. The predicted octanol–water partition coefficient (Wildman–Crippen LogP) is 0.506. The first-order valence-corrected chi connectivity index (χ1v) is 9.17. The molecule has 1 aliphatic rings. The molecule has 0 amide bonds. The third-order valence-electron chi connectivity index (χ3n) is 4.05. The van der Waals surface area contributed by atoms with Crippen molar-refractivity contribution in [3.8, 4) is 0 Å². The molecule has 0 saturated carbocycles. The van der Waals surface area contributed by atoms with Gasteiger partial charge in [0, 0.05) is 26.2 Å². The van der Waals surface area contributed by atoms with Crippen molar-refractivity contribution in [1.82, 2.24) is 9.62 Å². The van der Waals surface area contributed by atoms with Gasteiger partial charge in [-0.3, -0.25) is 0 Å². The van der Waals surface area contributed by atoms with Crippen molar-refractivity contribution in [3.63, 3.8) is 0 Å². The van der Waals surface area contributed by atoms with Gasteiger partial charge in [0.2, 0.25) is 10.0 Å². The fourth-order valence-electron chi connectivity index (χ4n) is 2.76. The summed E-state index contributed by atoms with van der Waals surface area (Å²) in [5.74, 6) is -2.12. The Balaban J connectivity index is 1.99. The van der Waals surface area contributed by atoms with E-state index in [9.17, 15) is 22.7 Å². The number of aliphatic hydroxyl groups is 1. The molecule has 3 N–H and O–H groups in total. The molecule has 1 atom stereocenters. The summed E-state index contributed by atoms with van der Waals surface area (Å²) in [6.07, 6.45) is 1.89. The number of piperidine rings is 1. The van der Waals surface area contributed by atoms with Gasteiger partial charge in [-0.25, -0.2) is 22.3 Å². The summed E-state index contributed by atoms with van der Waals surface area (Å²) in [6.45, 7) is 2.14. The summed E-state index contributed by atoms with van der Waals surface area (Å²) in [6, 6.07) is 2.65. The highest BCUT2D eigenvalue weighted by Crippen LogP contribution is 2.17. The largest absolute Gasteiger partial charge is 0.478 e. The van der Waals surface area contributed by atoms with Crippen LogP contribution in [0.5, 0.6) is 0 Å². The van der Waals surface area contributed by atoms with E-state index in [2.05, 4.69) is 4.72 Å². The SMILES string of the molecule is O=C(O)c1ccc(F)c(S(=O)(=O)NCCN2CCC[C@@H](CO)C2)c1. The standard InChI is InChI=1S/C15H21FN2O5S/c16-13-4-3-12(15(20)21)8-14(13)24(22,23)17-5-7-18-6-1-2-11(9-18)10-19/h3-4,8,11,17,19H,1-2,5-7,9-10H2,(H,20,21)/t11-/m1/s1. The van der Waals surface area contributed by atoms with Gasteiger partial charge in [0.15, 0.2) is 0 Å². The fraction of sp³-hybridized carbons (Fsp3) is 0.533. The van der Waals surface area contributed by atoms with Crippen LogP contribution in [0.25, 0.3) is 0 Å². The molecule has 0 aliphatic carbocycles. The van der Waals surface area contributed by atoms with Gasteiger partial charge in [0.25, 0.3) is 0 Å². The van der Waals surface area contributed by atoms with E-state index in [1.807, 2.05) is 4.90 Å². The maximum Gasteiger partial charge on any atom is 0.335 e. The zero-order valence-electron chi connectivity index (χ0n) is 13.1. The van der Waals surface area contributed by atoms with Crippen molar-refractivity contribution in [2.45, 2.75) is 17.7 Å². The Morgan fingerprint density at radius 1 is 1.42 bits per heavy atom. The zero-order valence-corrected chi connectivity index (χ0v) is 13.9. The maximum absolute atomic E-state index is 13.8. The smallest absolute Gasteiger partial charge is 0.335 e. The normalized spacial score (nSPS) is 19.3. The first kappa shape index (κ1) is 18.8. The molecule has 0 bridgehead atoms. The van der Waals surface area contributed by atoms with Gasteiger partial charge in [0.05, 0.1) is 5.56 Å². The van der Waals surface area contributed by atoms with Crippen molar-refractivity contribution >= 4 is 16.0 Å². The van der Waals surface area contributed by atoms with Gasteiger partial charge in [-0.05, 0) is 43.5 Å². The van der Waals surface area contributed by atoms with Crippen molar-refractivity contribution < 1.29 is 27.8 Å². The summed E-state index contributed by atoms with van der Waals surface area (Å²) in [7, 11) is -4.13. The minimum atomic E-state index is -4.13. The number of carbonyl (C=O) groups is 1. The first-order chi connectivity index (χ1) is 11.3. The molecule has 0 aromatic heterocycles. The molecule has 9 heteroatoms. The number of hydrogen-bond donors (Lipinski definition) is 3. The number of likely N-dealkylation sites (tertiary alicyclic amines) is 1. The first-order valence-electron chi connectivity index (χ1n) is 7.69. The molecule has 0 spiro atoms. The number of halogens is 1. The number of rotatable bonds is 7. The highest BCUT2D eigenvalue weighted by molar-refractivity contribution is 7.89. The van der Waals surface area contributed by atoms with Crippen LogP contribution >= 0.6 is 0 Å². The number of aromatic carboxylic acids is 1. The van der Waals surface area contributed by atoms with E-state index in [0.717, 1.165) is 37.6 Å². The lowest BCUT2D eigenvalue weighted by Crippen LogP contribution is -2.41. The zero-order chi connectivity index (χ0) is 17.7. The van der Waals surface area contributed by atoms with Gasteiger partial charge < -0.3 is 15.1 Å². The quantitative estimate of drug-likeness (QED) is 0.654. The number of sulfonamides is 1. The van der Waals surface area contributed by atoms with E-state index in [4.69, 9.17) is 5.11 Å². The average molecular weight is 360 g/mol. The topological polar surface area (TPSA) is 107 Å². The average Bonchev–Trinajstić information content (AvgIpc) is 2.55. The number of aliphatic hydroxyl groups excluding tert-OH is 1. The lowest BCUT2D eigenvalue weighted by atomic mass is 9.99. The number of hydrogen-bond acceptors (Lipinski definition) is 5. The van der Waals surface area contributed by atoms with Crippen molar-refractivity contribution in [2.75, 3.05) is 32.8 Å². The van der Waals surface area contributed by atoms with E-state index in [-0.39, 0.29) is 24.6 Å². The van der Waals surface area contributed by atoms with Crippen LogP contribution < -0.4 is 4.72 Å². The Labute approximate surface area is 140 Å². The molecule has 24 heavy (non-hydrogen) atoms.